The SMILES string of the molecule is CC1CCCC(CO)C1=CC(=O)O. The highest BCUT2D eigenvalue weighted by Crippen LogP contribution is 2.33. The summed E-state index contributed by atoms with van der Waals surface area (Å²) in [6.07, 6.45) is 4.31. The Bertz CT molecular complexity index is 220. The third-order valence-electron chi connectivity index (χ3n) is 2.74. The Balaban J connectivity index is 2.79. The van der Waals surface area contributed by atoms with Crippen LogP contribution in [0.25, 0.3) is 0 Å². The molecule has 0 heterocycles. The summed E-state index contributed by atoms with van der Waals surface area (Å²) in [4.78, 5) is 10.5. The van der Waals surface area contributed by atoms with Crippen molar-refractivity contribution in [1.29, 1.82) is 0 Å². The van der Waals surface area contributed by atoms with Crippen LogP contribution in [0.2, 0.25) is 0 Å². The lowest BCUT2D eigenvalue weighted by Gasteiger charge is -2.28. The highest BCUT2D eigenvalue weighted by Gasteiger charge is 2.24. The van der Waals surface area contributed by atoms with Crippen LogP contribution in [0.1, 0.15) is 26.2 Å². The molecule has 3 heteroatoms. The number of carboxylic acids is 1. The van der Waals surface area contributed by atoms with Crippen LogP contribution in [0.5, 0.6) is 0 Å². The van der Waals surface area contributed by atoms with Crippen molar-refractivity contribution >= 4 is 5.97 Å². The lowest BCUT2D eigenvalue weighted by atomic mass is 9.78. The first-order valence-electron chi connectivity index (χ1n) is 4.70. The molecule has 0 aliphatic heterocycles. The van der Waals surface area contributed by atoms with Gasteiger partial charge < -0.3 is 10.2 Å². The van der Waals surface area contributed by atoms with E-state index in [1.54, 1.807) is 0 Å². The van der Waals surface area contributed by atoms with Crippen LogP contribution in [0.15, 0.2) is 11.6 Å². The zero-order valence-corrected chi connectivity index (χ0v) is 7.86. The number of hydrogen-bond donors (Lipinski definition) is 2. The van der Waals surface area contributed by atoms with Crippen molar-refractivity contribution in [2.75, 3.05) is 6.61 Å². The van der Waals surface area contributed by atoms with Gasteiger partial charge in [0, 0.05) is 18.6 Å². The molecule has 1 fully saturated rings. The summed E-state index contributed by atoms with van der Waals surface area (Å²) in [5.41, 5.74) is 0.904. The van der Waals surface area contributed by atoms with Crippen molar-refractivity contribution in [2.45, 2.75) is 26.2 Å². The molecular weight excluding hydrogens is 168 g/mol. The van der Waals surface area contributed by atoms with E-state index in [0.717, 1.165) is 24.8 Å². The quantitative estimate of drug-likeness (QED) is 0.638. The van der Waals surface area contributed by atoms with Gasteiger partial charge in [-0.25, -0.2) is 4.79 Å². The maximum absolute atomic E-state index is 10.5. The van der Waals surface area contributed by atoms with Gasteiger partial charge in [0.2, 0.25) is 0 Å². The molecule has 0 spiro atoms. The van der Waals surface area contributed by atoms with Gasteiger partial charge >= 0.3 is 5.97 Å². The number of carbonyl (C=O) groups is 1. The van der Waals surface area contributed by atoms with Crippen molar-refractivity contribution in [3.8, 4) is 0 Å². The minimum absolute atomic E-state index is 0.0693. The Labute approximate surface area is 78.1 Å². The van der Waals surface area contributed by atoms with Gasteiger partial charge in [0.15, 0.2) is 0 Å². The third-order valence-corrected chi connectivity index (χ3v) is 2.74. The molecule has 1 aliphatic carbocycles. The highest BCUT2D eigenvalue weighted by molar-refractivity contribution is 5.80. The van der Waals surface area contributed by atoms with Crippen LogP contribution in [-0.4, -0.2) is 22.8 Å². The summed E-state index contributed by atoms with van der Waals surface area (Å²) in [7, 11) is 0. The largest absolute Gasteiger partial charge is 0.478 e. The Morgan fingerprint density at radius 2 is 2.31 bits per heavy atom. The van der Waals surface area contributed by atoms with Gasteiger partial charge in [-0.2, -0.15) is 0 Å². The molecule has 0 amide bonds. The molecule has 2 unspecified atom stereocenters. The lowest BCUT2D eigenvalue weighted by molar-refractivity contribution is -0.131. The van der Waals surface area contributed by atoms with Crippen LogP contribution in [-0.2, 0) is 4.79 Å². The van der Waals surface area contributed by atoms with Crippen LogP contribution in [0.4, 0.5) is 0 Å². The predicted molar refractivity (Wildman–Crippen MR) is 49.3 cm³/mol. The van der Waals surface area contributed by atoms with Crippen LogP contribution in [0, 0.1) is 11.8 Å². The molecule has 1 saturated carbocycles. The van der Waals surface area contributed by atoms with E-state index < -0.39 is 5.97 Å². The van der Waals surface area contributed by atoms with Crippen LogP contribution < -0.4 is 0 Å². The van der Waals surface area contributed by atoms with Gasteiger partial charge in [-0.1, -0.05) is 18.9 Å². The van der Waals surface area contributed by atoms with Crippen molar-refractivity contribution in [3.05, 3.63) is 11.6 Å². The minimum Gasteiger partial charge on any atom is -0.478 e. The van der Waals surface area contributed by atoms with E-state index in [4.69, 9.17) is 10.2 Å². The van der Waals surface area contributed by atoms with Gasteiger partial charge in [-0.05, 0) is 18.8 Å². The zero-order chi connectivity index (χ0) is 9.84. The number of aliphatic carboxylic acids is 1. The molecule has 0 aromatic heterocycles. The molecule has 3 nitrogen and oxygen atoms in total. The molecule has 2 N–H and O–H groups in total. The molecule has 0 bridgehead atoms. The molecule has 1 aliphatic rings. The monoisotopic (exact) mass is 184 g/mol. The van der Waals surface area contributed by atoms with E-state index in [-0.39, 0.29) is 12.5 Å². The Morgan fingerprint density at radius 3 is 2.85 bits per heavy atom. The minimum atomic E-state index is -0.901. The van der Waals surface area contributed by atoms with Crippen molar-refractivity contribution in [2.24, 2.45) is 11.8 Å². The maximum Gasteiger partial charge on any atom is 0.328 e. The Kier molecular flexibility index (Phi) is 3.48. The molecule has 13 heavy (non-hydrogen) atoms. The number of carboxylic acid groups (broad SMARTS) is 1. The molecule has 0 saturated heterocycles. The van der Waals surface area contributed by atoms with Crippen molar-refractivity contribution in [3.63, 3.8) is 0 Å². The van der Waals surface area contributed by atoms with Crippen molar-refractivity contribution < 1.29 is 15.0 Å². The topological polar surface area (TPSA) is 57.5 Å². The molecular formula is C10H16O3. The fourth-order valence-electron chi connectivity index (χ4n) is 2.01. The average molecular weight is 184 g/mol. The summed E-state index contributed by atoms with van der Waals surface area (Å²) in [6.45, 7) is 2.10. The van der Waals surface area contributed by atoms with E-state index in [1.807, 2.05) is 6.92 Å². The van der Waals surface area contributed by atoms with Crippen LogP contribution in [0.3, 0.4) is 0 Å². The smallest absolute Gasteiger partial charge is 0.328 e. The number of hydrogen-bond acceptors (Lipinski definition) is 2. The number of aliphatic hydroxyl groups excluding tert-OH is 1. The lowest BCUT2D eigenvalue weighted by Crippen LogP contribution is -2.21. The van der Waals surface area contributed by atoms with Gasteiger partial charge in [0.05, 0.1) is 0 Å². The van der Waals surface area contributed by atoms with E-state index >= 15 is 0 Å². The Morgan fingerprint density at radius 1 is 1.62 bits per heavy atom. The molecule has 0 aromatic carbocycles. The normalized spacial score (nSPS) is 32.0. The second kappa shape index (κ2) is 4.42. The summed E-state index contributed by atoms with van der Waals surface area (Å²) < 4.78 is 0. The first-order valence-corrected chi connectivity index (χ1v) is 4.70. The van der Waals surface area contributed by atoms with Crippen LogP contribution >= 0.6 is 0 Å². The van der Waals surface area contributed by atoms with E-state index in [2.05, 4.69) is 0 Å². The van der Waals surface area contributed by atoms with Gasteiger partial charge in [0.25, 0.3) is 0 Å². The molecule has 1 rings (SSSR count). The maximum atomic E-state index is 10.5. The van der Waals surface area contributed by atoms with E-state index in [1.165, 1.54) is 6.08 Å². The average Bonchev–Trinajstić information content (AvgIpc) is 2.08. The fraction of sp³-hybridized carbons (Fsp3) is 0.700. The van der Waals surface area contributed by atoms with E-state index in [9.17, 15) is 4.79 Å². The first-order chi connectivity index (χ1) is 6.15. The zero-order valence-electron chi connectivity index (χ0n) is 7.86. The highest BCUT2D eigenvalue weighted by atomic mass is 16.4. The summed E-state index contributed by atoms with van der Waals surface area (Å²) >= 11 is 0. The fourth-order valence-corrected chi connectivity index (χ4v) is 2.01. The number of aliphatic hydroxyl groups is 1. The number of rotatable bonds is 2. The first kappa shape index (κ1) is 10.3. The summed E-state index contributed by atoms with van der Waals surface area (Å²) in [5.74, 6) is -0.524. The van der Waals surface area contributed by atoms with Gasteiger partial charge in [-0.15, -0.1) is 0 Å². The molecule has 2 atom stereocenters. The molecule has 0 radical (unpaired) electrons. The van der Waals surface area contributed by atoms with Crippen molar-refractivity contribution in [1.82, 2.24) is 0 Å². The van der Waals surface area contributed by atoms with E-state index in [0.29, 0.717) is 5.92 Å². The predicted octanol–water partition coefficient (Wildman–Crippen LogP) is 1.43. The third kappa shape index (κ3) is 2.56. The standard InChI is InChI=1S/C10H16O3/c1-7-3-2-4-8(6-11)9(7)5-10(12)13/h5,7-8,11H,2-4,6H2,1H3,(H,12,13). The summed E-state index contributed by atoms with van der Waals surface area (Å²) in [5, 5.41) is 17.7. The molecule has 0 aromatic rings. The second-order valence-corrected chi connectivity index (χ2v) is 3.69. The van der Waals surface area contributed by atoms with Gasteiger partial charge in [0.1, 0.15) is 0 Å². The van der Waals surface area contributed by atoms with Gasteiger partial charge in [-0.3, -0.25) is 0 Å². The second-order valence-electron chi connectivity index (χ2n) is 3.69. The Hall–Kier alpha value is -0.830. The molecule has 74 valence electrons. The summed E-state index contributed by atoms with van der Waals surface area (Å²) in [6, 6.07) is 0.